The number of carbonyl (C=O) groups is 3. The fourth-order valence-corrected chi connectivity index (χ4v) is 4.26. The number of hydrogen-bond acceptors (Lipinski definition) is 6. The standard InChI is InChI=1S/C24H27NO5/c1-4-29-23(27)18-20(16-12-8-6-9-13-16)25(3)21(17-14-10-7-11-15-17)19(22(18)26)24(28)30-5-2/h6-15,18-21H,4-5H2,1-3H3/t18-,19+,20-,21+. The highest BCUT2D eigenvalue weighted by atomic mass is 16.5. The van der Waals surface area contributed by atoms with E-state index in [1.54, 1.807) is 13.8 Å². The first-order chi connectivity index (χ1) is 14.5. The van der Waals surface area contributed by atoms with Crippen LogP contribution >= 0.6 is 0 Å². The van der Waals surface area contributed by atoms with E-state index in [1.807, 2.05) is 72.6 Å². The molecule has 30 heavy (non-hydrogen) atoms. The van der Waals surface area contributed by atoms with Crippen LogP contribution in [0.3, 0.4) is 0 Å². The summed E-state index contributed by atoms with van der Waals surface area (Å²) in [6, 6.07) is 17.6. The Balaban J connectivity index is 2.16. The lowest BCUT2D eigenvalue weighted by Crippen LogP contribution is -2.54. The van der Waals surface area contributed by atoms with Gasteiger partial charge in [0, 0.05) is 0 Å². The van der Waals surface area contributed by atoms with Crippen molar-refractivity contribution in [2.24, 2.45) is 11.8 Å². The molecule has 0 aromatic heterocycles. The maximum absolute atomic E-state index is 13.6. The van der Waals surface area contributed by atoms with Crippen molar-refractivity contribution in [3.05, 3.63) is 71.8 Å². The Bertz CT molecular complexity index is 811. The van der Waals surface area contributed by atoms with Gasteiger partial charge in [-0.2, -0.15) is 0 Å². The first-order valence-corrected chi connectivity index (χ1v) is 10.2. The van der Waals surface area contributed by atoms with Gasteiger partial charge in [-0.05, 0) is 32.0 Å². The molecule has 1 saturated heterocycles. The molecular weight excluding hydrogens is 382 g/mol. The number of benzene rings is 2. The van der Waals surface area contributed by atoms with Crippen LogP contribution in [0.25, 0.3) is 0 Å². The van der Waals surface area contributed by atoms with E-state index < -0.39 is 41.6 Å². The highest BCUT2D eigenvalue weighted by Gasteiger charge is 2.54. The van der Waals surface area contributed by atoms with Crippen molar-refractivity contribution in [2.45, 2.75) is 25.9 Å². The first-order valence-electron chi connectivity index (χ1n) is 10.2. The second kappa shape index (κ2) is 9.67. The molecule has 6 nitrogen and oxygen atoms in total. The van der Waals surface area contributed by atoms with Gasteiger partial charge in [-0.15, -0.1) is 0 Å². The minimum absolute atomic E-state index is 0.153. The van der Waals surface area contributed by atoms with Crippen LogP contribution in [0, 0.1) is 11.8 Å². The van der Waals surface area contributed by atoms with Gasteiger partial charge in [0.05, 0.1) is 25.3 Å². The van der Waals surface area contributed by atoms with Crippen LogP contribution < -0.4 is 0 Å². The molecule has 1 aliphatic rings. The van der Waals surface area contributed by atoms with Gasteiger partial charge in [-0.3, -0.25) is 19.3 Å². The summed E-state index contributed by atoms with van der Waals surface area (Å²) in [5.74, 6) is -3.95. The Hall–Kier alpha value is -2.99. The van der Waals surface area contributed by atoms with Gasteiger partial charge in [0.15, 0.2) is 5.78 Å². The number of Topliss-reactive ketones (excluding diaryl/α,β-unsaturated/α-hetero) is 1. The molecule has 0 amide bonds. The van der Waals surface area contributed by atoms with Crippen LogP contribution in [-0.2, 0) is 23.9 Å². The fraction of sp³-hybridized carbons (Fsp3) is 0.375. The van der Waals surface area contributed by atoms with E-state index >= 15 is 0 Å². The second-order valence-corrected chi connectivity index (χ2v) is 7.24. The molecule has 158 valence electrons. The van der Waals surface area contributed by atoms with Crippen LogP contribution in [0.4, 0.5) is 0 Å². The Morgan fingerprint density at radius 2 is 1.13 bits per heavy atom. The lowest BCUT2D eigenvalue weighted by molar-refractivity contribution is -0.169. The molecule has 6 heteroatoms. The number of hydrogen-bond donors (Lipinski definition) is 0. The van der Waals surface area contributed by atoms with Gasteiger partial charge < -0.3 is 9.47 Å². The molecule has 0 bridgehead atoms. The number of piperidine rings is 1. The lowest BCUT2D eigenvalue weighted by atomic mass is 9.73. The van der Waals surface area contributed by atoms with Gasteiger partial charge in [0.2, 0.25) is 0 Å². The summed E-state index contributed by atoms with van der Waals surface area (Å²) in [4.78, 5) is 41.3. The summed E-state index contributed by atoms with van der Waals surface area (Å²) in [5, 5.41) is 0. The molecule has 0 radical (unpaired) electrons. The van der Waals surface area contributed by atoms with Gasteiger partial charge >= 0.3 is 11.9 Å². The van der Waals surface area contributed by atoms with E-state index in [-0.39, 0.29) is 13.2 Å². The molecule has 0 aliphatic carbocycles. The van der Waals surface area contributed by atoms with E-state index in [1.165, 1.54) is 0 Å². The molecule has 2 aromatic rings. The highest BCUT2D eigenvalue weighted by Crippen LogP contribution is 2.46. The average molecular weight is 409 g/mol. The Kier molecular flexibility index (Phi) is 7.00. The predicted molar refractivity (Wildman–Crippen MR) is 111 cm³/mol. The average Bonchev–Trinajstić information content (AvgIpc) is 2.76. The topological polar surface area (TPSA) is 72.9 Å². The zero-order valence-electron chi connectivity index (χ0n) is 17.5. The van der Waals surface area contributed by atoms with E-state index in [4.69, 9.17) is 9.47 Å². The molecule has 1 aliphatic heterocycles. The predicted octanol–water partition coefficient (Wildman–Crippen LogP) is 3.34. The molecule has 4 atom stereocenters. The van der Waals surface area contributed by atoms with Crippen LogP contribution in [0.2, 0.25) is 0 Å². The van der Waals surface area contributed by atoms with Crippen molar-refractivity contribution in [3.8, 4) is 0 Å². The summed E-state index contributed by atoms with van der Waals surface area (Å²) in [5.41, 5.74) is 1.63. The van der Waals surface area contributed by atoms with Crippen molar-refractivity contribution in [3.63, 3.8) is 0 Å². The van der Waals surface area contributed by atoms with E-state index in [0.29, 0.717) is 0 Å². The summed E-state index contributed by atoms with van der Waals surface area (Å²) in [7, 11) is 1.83. The SMILES string of the molecule is CCOC(=O)[C@H]1C(=O)[C@@H](C(=O)OCC)[C@H](c2ccccc2)N(C)[C@@H]1c1ccccc1. The normalized spacial score (nSPS) is 24.3. The molecule has 2 aromatic carbocycles. The van der Waals surface area contributed by atoms with Crippen molar-refractivity contribution >= 4 is 17.7 Å². The van der Waals surface area contributed by atoms with Crippen LogP contribution in [0.5, 0.6) is 0 Å². The number of ketones is 1. The number of rotatable bonds is 6. The third kappa shape index (κ3) is 4.14. The molecule has 0 unspecified atom stereocenters. The molecular formula is C24H27NO5. The number of nitrogens with zero attached hydrogens (tertiary/aromatic N) is 1. The van der Waals surface area contributed by atoms with Gasteiger partial charge in [0.25, 0.3) is 0 Å². The number of esters is 2. The molecule has 0 saturated carbocycles. The molecule has 0 N–H and O–H groups in total. The Labute approximate surface area is 176 Å². The third-order valence-electron chi connectivity index (χ3n) is 5.49. The van der Waals surface area contributed by atoms with E-state index in [2.05, 4.69) is 0 Å². The quantitative estimate of drug-likeness (QED) is 0.538. The monoisotopic (exact) mass is 409 g/mol. The second-order valence-electron chi connectivity index (χ2n) is 7.24. The number of ether oxygens (including phenoxy) is 2. The number of carbonyl (C=O) groups excluding carboxylic acids is 3. The largest absolute Gasteiger partial charge is 0.465 e. The highest BCUT2D eigenvalue weighted by molar-refractivity contribution is 6.10. The van der Waals surface area contributed by atoms with Crippen LogP contribution in [0.15, 0.2) is 60.7 Å². The lowest BCUT2D eigenvalue weighted by Gasteiger charge is -2.46. The molecule has 1 fully saturated rings. The fourth-order valence-electron chi connectivity index (χ4n) is 4.26. The third-order valence-corrected chi connectivity index (χ3v) is 5.49. The maximum Gasteiger partial charge on any atom is 0.318 e. The summed E-state index contributed by atoms with van der Waals surface area (Å²) >= 11 is 0. The van der Waals surface area contributed by atoms with Gasteiger partial charge in [-0.25, -0.2) is 0 Å². The van der Waals surface area contributed by atoms with Crippen molar-refractivity contribution < 1.29 is 23.9 Å². The molecule has 1 heterocycles. The van der Waals surface area contributed by atoms with Crippen molar-refractivity contribution in [1.82, 2.24) is 4.90 Å². The van der Waals surface area contributed by atoms with Crippen molar-refractivity contribution in [2.75, 3.05) is 20.3 Å². The zero-order chi connectivity index (χ0) is 21.7. The minimum Gasteiger partial charge on any atom is -0.465 e. The maximum atomic E-state index is 13.6. The molecule has 3 rings (SSSR count). The summed E-state index contributed by atoms with van der Waals surface area (Å²) in [6.07, 6.45) is 0. The van der Waals surface area contributed by atoms with Gasteiger partial charge in [0.1, 0.15) is 11.8 Å². The first kappa shape index (κ1) is 21.7. The summed E-state index contributed by atoms with van der Waals surface area (Å²) in [6.45, 7) is 3.70. The number of likely N-dealkylation sites (tertiary alicyclic amines) is 1. The Morgan fingerprint density at radius 3 is 1.47 bits per heavy atom. The van der Waals surface area contributed by atoms with Gasteiger partial charge in [-0.1, -0.05) is 60.7 Å². The summed E-state index contributed by atoms with van der Waals surface area (Å²) < 4.78 is 10.5. The smallest absolute Gasteiger partial charge is 0.318 e. The minimum atomic E-state index is -1.12. The molecule has 0 spiro atoms. The Morgan fingerprint density at radius 1 is 0.767 bits per heavy atom. The van der Waals surface area contributed by atoms with E-state index in [9.17, 15) is 14.4 Å². The van der Waals surface area contributed by atoms with Crippen LogP contribution in [0.1, 0.15) is 37.1 Å². The van der Waals surface area contributed by atoms with Crippen LogP contribution in [-0.4, -0.2) is 42.9 Å². The zero-order valence-corrected chi connectivity index (χ0v) is 17.5. The van der Waals surface area contributed by atoms with E-state index in [0.717, 1.165) is 11.1 Å². The van der Waals surface area contributed by atoms with Crippen molar-refractivity contribution in [1.29, 1.82) is 0 Å².